The van der Waals surface area contributed by atoms with Crippen molar-refractivity contribution < 1.29 is 19.0 Å². The van der Waals surface area contributed by atoms with E-state index in [1.807, 2.05) is 38.1 Å². The zero-order valence-electron chi connectivity index (χ0n) is 14.8. The molecule has 2 unspecified atom stereocenters. The van der Waals surface area contributed by atoms with Crippen molar-refractivity contribution in [2.75, 3.05) is 13.7 Å². The highest BCUT2D eigenvalue weighted by atomic mass is 19.1. The van der Waals surface area contributed by atoms with Crippen molar-refractivity contribution >= 4 is 5.91 Å². The van der Waals surface area contributed by atoms with Gasteiger partial charge in [-0.05, 0) is 49.2 Å². The number of hydrogen-bond acceptors (Lipinski definition) is 3. The second-order valence-corrected chi connectivity index (χ2v) is 5.91. The molecule has 134 valence electrons. The van der Waals surface area contributed by atoms with Crippen molar-refractivity contribution in [2.24, 2.45) is 0 Å². The largest absolute Gasteiger partial charge is 0.497 e. The lowest BCUT2D eigenvalue weighted by Gasteiger charge is -2.29. The normalized spacial score (nSPS) is 13.2. The molecular formula is C20H24FNO3. The first-order chi connectivity index (χ1) is 12.0. The first-order valence-electron chi connectivity index (χ1n) is 8.33. The molecule has 5 heteroatoms. The lowest BCUT2D eigenvalue weighted by molar-refractivity contribution is -0.135. The minimum atomic E-state index is -1.03. The van der Waals surface area contributed by atoms with Crippen LogP contribution < -0.4 is 4.74 Å². The quantitative estimate of drug-likeness (QED) is 0.829. The average Bonchev–Trinajstić information content (AvgIpc) is 2.62. The summed E-state index contributed by atoms with van der Waals surface area (Å²) in [7, 11) is 1.60. The Bertz CT molecular complexity index is 720. The first-order valence-corrected chi connectivity index (χ1v) is 8.33. The van der Waals surface area contributed by atoms with E-state index < -0.39 is 11.9 Å². The number of methoxy groups -OCH3 is 1. The highest BCUT2D eigenvalue weighted by Gasteiger charge is 2.23. The van der Waals surface area contributed by atoms with Crippen molar-refractivity contribution in [3.05, 3.63) is 65.5 Å². The van der Waals surface area contributed by atoms with Crippen LogP contribution in [0.15, 0.2) is 48.5 Å². The number of hydrogen-bond donors (Lipinski definition) is 1. The van der Waals surface area contributed by atoms with Crippen LogP contribution in [0.3, 0.4) is 0 Å². The number of benzene rings is 2. The fraction of sp³-hybridized carbons (Fsp3) is 0.350. The predicted octanol–water partition coefficient (Wildman–Crippen LogP) is 3.87. The van der Waals surface area contributed by atoms with Gasteiger partial charge in [-0.2, -0.15) is 0 Å². The molecule has 0 aliphatic rings. The molecule has 0 aliphatic carbocycles. The average molecular weight is 345 g/mol. The van der Waals surface area contributed by atoms with E-state index in [1.165, 1.54) is 18.2 Å². The minimum absolute atomic E-state index is 0.0917. The Kier molecular flexibility index (Phi) is 6.53. The van der Waals surface area contributed by atoms with Gasteiger partial charge in [0.1, 0.15) is 11.6 Å². The third-order valence-electron chi connectivity index (χ3n) is 4.31. The van der Waals surface area contributed by atoms with Gasteiger partial charge in [0.05, 0.1) is 25.7 Å². The zero-order valence-corrected chi connectivity index (χ0v) is 14.8. The third-order valence-corrected chi connectivity index (χ3v) is 4.31. The molecule has 0 radical (unpaired) electrons. The molecule has 0 aromatic heterocycles. The van der Waals surface area contributed by atoms with Gasteiger partial charge in [-0.1, -0.05) is 24.3 Å². The van der Waals surface area contributed by atoms with Crippen molar-refractivity contribution in [1.29, 1.82) is 0 Å². The molecule has 4 nitrogen and oxygen atoms in total. The number of aliphatic hydroxyl groups excluding tert-OH is 1. The standard InChI is InChI=1S/C20H24FNO3/c1-4-22(14(2)15-7-6-10-18(12-15)25-3)20(24)13-19(23)16-8-5-9-17(21)11-16/h5-12,14,19,23H,4,13H2,1-3H3. The van der Waals surface area contributed by atoms with Gasteiger partial charge < -0.3 is 14.7 Å². The van der Waals surface area contributed by atoms with Gasteiger partial charge in [-0.15, -0.1) is 0 Å². The molecule has 0 saturated heterocycles. The Morgan fingerprint density at radius 1 is 1.20 bits per heavy atom. The Balaban J connectivity index is 2.11. The van der Waals surface area contributed by atoms with Gasteiger partial charge >= 0.3 is 0 Å². The molecule has 2 aromatic carbocycles. The van der Waals surface area contributed by atoms with Crippen LogP contribution in [-0.2, 0) is 4.79 Å². The highest BCUT2D eigenvalue weighted by Crippen LogP contribution is 2.26. The second-order valence-electron chi connectivity index (χ2n) is 5.91. The maximum absolute atomic E-state index is 13.3. The second kappa shape index (κ2) is 8.62. The summed E-state index contributed by atoms with van der Waals surface area (Å²) in [4.78, 5) is 14.3. The Hall–Kier alpha value is -2.40. The van der Waals surface area contributed by atoms with E-state index in [0.717, 1.165) is 11.3 Å². The molecule has 0 fully saturated rings. The number of amides is 1. The van der Waals surface area contributed by atoms with Crippen LogP contribution in [0.2, 0.25) is 0 Å². The van der Waals surface area contributed by atoms with Crippen LogP contribution in [0.4, 0.5) is 4.39 Å². The SMILES string of the molecule is CCN(C(=O)CC(O)c1cccc(F)c1)C(C)c1cccc(OC)c1. The Morgan fingerprint density at radius 3 is 2.52 bits per heavy atom. The minimum Gasteiger partial charge on any atom is -0.497 e. The molecule has 2 aromatic rings. The lowest BCUT2D eigenvalue weighted by atomic mass is 10.0. The molecule has 2 rings (SSSR count). The fourth-order valence-corrected chi connectivity index (χ4v) is 2.86. The smallest absolute Gasteiger partial charge is 0.226 e. The molecule has 0 aliphatic heterocycles. The van der Waals surface area contributed by atoms with Crippen molar-refractivity contribution in [1.82, 2.24) is 4.90 Å². The van der Waals surface area contributed by atoms with E-state index in [9.17, 15) is 14.3 Å². The fourth-order valence-electron chi connectivity index (χ4n) is 2.86. The van der Waals surface area contributed by atoms with Crippen LogP contribution in [0.25, 0.3) is 0 Å². The van der Waals surface area contributed by atoms with E-state index in [1.54, 1.807) is 18.1 Å². The Morgan fingerprint density at radius 2 is 1.88 bits per heavy atom. The number of ether oxygens (including phenoxy) is 1. The Labute approximate surface area is 147 Å². The molecule has 0 spiro atoms. The number of nitrogens with zero attached hydrogens (tertiary/aromatic N) is 1. The van der Waals surface area contributed by atoms with Crippen molar-refractivity contribution in [2.45, 2.75) is 32.4 Å². The van der Waals surface area contributed by atoms with E-state index in [4.69, 9.17) is 4.74 Å². The van der Waals surface area contributed by atoms with E-state index in [0.29, 0.717) is 12.1 Å². The van der Waals surface area contributed by atoms with Gasteiger partial charge in [-0.3, -0.25) is 4.79 Å². The topological polar surface area (TPSA) is 49.8 Å². The number of rotatable bonds is 7. The maximum Gasteiger partial charge on any atom is 0.226 e. The number of halogens is 1. The van der Waals surface area contributed by atoms with E-state index in [-0.39, 0.29) is 18.4 Å². The number of carbonyl (C=O) groups is 1. The summed E-state index contributed by atoms with van der Waals surface area (Å²) in [6.07, 6.45) is -1.12. The first kappa shape index (κ1) is 18.9. The summed E-state index contributed by atoms with van der Waals surface area (Å²) in [6.45, 7) is 4.33. The van der Waals surface area contributed by atoms with Crippen LogP contribution in [0.5, 0.6) is 5.75 Å². The number of carbonyl (C=O) groups excluding carboxylic acids is 1. The van der Waals surface area contributed by atoms with E-state index in [2.05, 4.69) is 0 Å². The summed E-state index contributed by atoms with van der Waals surface area (Å²) in [5.74, 6) is 0.114. The van der Waals surface area contributed by atoms with Crippen LogP contribution in [0, 0.1) is 5.82 Å². The molecule has 0 bridgehead atoms. The third kappa shape index (κ3) is 4.79. The van der Waals surface area contributed by atoms with Crippen molar-refractivity contribution in [3.63, 3.8) is 0 Å². The molecule has 0 heterocycles. The van der Waals surface area contributed by atoms with Gasteiger partial charge in [0.25, 0.3) is 0 Å². The van der Waals surface area contributed by atoms with E-state index >= 15 is 0 Å². The summed E-state index contributed by atoms with van der Waals surface area (Å²) in [6, 6.07) is 13.1. The van der Waals surface area contributed by atoms with Gasteiger partial charge in [0.15, 0.2) is 0 Å². The summed E-state index contributed by atoms with van der Waals surface area (Å²) >= 11 is 0. The van der Waals surface area contributed by atoms with Crippen LogP contribution in [-0.4, -0.2) is 29.6 Å². The molecule has 1 amide bonds. The molecule has 0 saturated carbocycles. The van der Waals surface area contributed by atoms with Gasteiger partial charge in [0.2, 0.25) is 5.91 Å². The van der Waals surface area contributed by atoms with Crippen LogP contribution >= 0.6 is 0 Å². The van der Waals surface area contributed by atoms with Gasteiger partial charge in [0, 0.05) is 6.54 Å². The summed E-state index contributed by atoms with van der Waals surface area (Å²) in [5, 5.41) is 10.3. The van der Waals surface area contributed by atoms with Crippen LogP contribution in [0.1, 0.15) is 43.5 Å². The lowest BCUT2D eigenvalue weighted by Crippen LogP contribution is -2.34. The zero-order chi connectivity index (χ0) is 18.4. The summed E-state index contributed by atoms with van der Waals surface area (Å²) < 4.78 is 18.5. The number of aliphatic hydroxyl groups is 1. The molecular weight excluding hydrogens is 321 g/mol. The molecule has 25 heavy (non-hydrogen) atoms. The maximum atomic E-state index is 13.3. The van der Waals surface area contributed by atoms with Gasteiger partial charge in [-0.25, -0.2) is 4.39 Å². The highest BCUT2D eigenvalue weighted by molar-refractivity contribution is 5.77. The predicted molar refractivity (Wildman–Crippen MR) is 94.8 cm³/mol. The van der Waals surface area contributed by atoms with Crippen molar-refractivity contribution in [3.8, 4) is 5.75 Å². The molecule has 2 atom stereocenters. The monoisotopic (exact) mass is 345 g/mol. The summed E-state index contributed by atoms with van der Waals surface area (Å²) in [5.41, 5.74) is 1.35. The molecule has 1 N–H and O–H groups in total.